The normalized spacial score (nSPS) is 40.9. The molecule has 0 aromatic heterocycles. The Kier molecular flexibility index (Phi) is 2.85. The van der Waals surface area contributed by atoms with Crippen molar-refractivity contribution in [2.45, 2.75) is 41.1 Å². The van der Waals surface area contributed by atoms with Crippen molar-refractivity contribution in [2.24, 2.45) is 5.92 Å². The van der Waals surface area contributed by atoms with Gasteiger partial charge >= 0.3 is 12.4 Å². The van der Waals surface area contributed by atoms with Crippen LogP contribution in [0.15, 0.2) is 0 Å². The van der Waals surface area contributed by atoms with E-state index in [1.165, 1.54) is 0 Å². The number of fused-ring (bicyclic) bond motifs is 2. The number of hydrogen-bond donors (Lipinski definition) is 1. The van der Waals surface area contributed by atoms with Gasteiger partial charge in [0.05, 0.1) is 10.8 Å². The summed E-state index contributed by atoms with van der Waals surface area (Å²) in [7, 11) is 0. The Morgan fingerprint density at radius 3 is 1.71 bits per heavy atom. The molecule has 0 unspecified atom stereocenters. The highest BCUT2D eigenvalue weighted by molar-refractivity contribution is 6.26. The Balaban J connectivity index is 2.48. The summed E-state index contributed by atoms with van der Waals surface area (Å²) >= 11 is 11.3. The Morgan fingerprint density at radius 2 is 1.47 bits per heavy atom. The molecule has 1 saturated heterocycles. The fraction of sp³-hybridized carbons (Fsp3) is 1.00. The van der Waals surface area contributed by atoms with Gasteiger partial charge in [0.25, 0.3) is 0 Å². The molecule has 1 nitrogen and oxygen atoms in total. The van der Waals surface area contributed by atoms with Crippen LogP contribution >= 0.6 is 23.2 Å². The lowest BCUT2D eigenvalue weighted by atomic mass is 9.82. The number of halogens is 8. The minimum absolute atomic E-state index is 0.396. The average Bonchev–Trinajstić information content (AvgIpc) is 2.53. The summed E-state index contributed by atoms with van der Waals surface area (Å²) in [6, 6.07) is -1.17. The number of piperidine rings is 1. The summed E-state index contributed by atoms with van der Waals surface area (Å²) in [6.07, 6.45) is -11.3. The second-order valence-corrected chi connectivity index (χ2v) is 5.34. The van der Waals surface area contributed by atoms with Crippen molar-refractivity contribution in [3.05, 3.63) is 0 Å². The summed E-state index contributed by atoms with van der Waals surface area (Å²) in [4.78, 5) is 0. The van der Waals surface area contributed by atoms with Gasteiger partial charge in [0.2, 0.25) is 5.54 Å². The molecule has 9 heteroatoms. The monoisotopic (exact) mass is 301 g/mol. The molecule has 0 amide bonds. The molecule has 0 spiro atoms. The van der Waals surface area contributed by atoms with Crippen molar-refractivity contribution in [3.8, 4) is 0 Å². The molecular weight excluding hydrogens is 295 g/mol. The third-order valence-electron chi connectivity index (χ3n) is 3.44. The van der Waals surface area contributed by atoms with Crippen LogP contribution in [0.3, 0.4) is 0 Å². The number of rotatable bonds is 0. The van der Waals surface area contributed by atoms with Crippen molar-refractivity contribution in [1.82, 2.24) is 5.32 Å². The highest BCUT2D eigenvalue weighted by atomic mass is 35.5. The second-order valence-electron chi connectivity index (χ2n) is 4.28. The first kappa shape index (κ1) is 13.5. The molecule has 1 N–H and O–H groups in total. The quantitative estimate of drug-likeness (QED) is 0.536. The lowest BCUT2D eigenvalue weighted by Crippen LogP contribution is -2.70. The topological polar surface area (TPSA) is 12.0 Å². The van der Waals surface area contributed by atoms with Crippen LogP contribution in [-0.4, -0.2) is 34.7 Å². The third kappa shape index (κ3) is 1.58. The van der Waals surface area contributed by atoms with Crippen LogP contribution in [0.25, 0.3) is 0 Å². The predicted molar refractivity (Wildman–Crippen MR) is 49.2 cm³/mol. The first-order valence-corrected chi connectivity index (χ1v) is 5.59. The smallest absolute Gasteiger partial charge is 0.290 e. The number of alkyl halides is 8. The zero-order valence-electron chi connectivity index (χ0n) is 8.04. The van der Waals surface area contributed by atoms with Crippen LogP contribution in [0.2, 0.25) is 0 Å². The van der Waals surface area contributed by atoms with Crippen molar-refractivity contribution in [1.29, 1.82) is 0 Å². The zero-order chi connectivity index (χ0) is 13.2. The highest BCUT2D eigenvalue weighted by Crippen LogP contribution is 2.59. The van der Waals surface area contributed by atoms with E-state index in [1.54, 1.807) is 5.32 Å². The molecular formula is C8H7Cl2F6N. The third-order valence-corrected chi connectivity index (χ3v) is 4.47. The first-order valence-electron chi connectivity index (χ1n) is 4.71. The van der Waals surface area contributed by atoms with Gasteiger partial charge in [-0.15, -0.1) is 23.2 Å². The molecule has 2 fully saturated rings. The summed E-state index contributed by atoms with van der Waals surface area (Å²) < 4.78 is 76.7. The number of hydrogen-bond acceptors (Lipinski definition) is 1. The Morgan fingerprint density at radius 1 is 1.00 bits per heavy atom. The zero-order valence-corrected chi connectivity index (χ0v) is 9.55. The molecule has 2 bridgehead atoms. The molecule has 1 aliphatic carbocycles. The molecule has 1 heterocycles. The average molecular weight is 302 g/mol. The van der Waals surface area contributed by atoms with Gasteiger partial charge in [-0.3, -0.25) is 5.32 Å². The SMILES string of the molecule is FC(F)(F)C1(C(F)(F)F)N[C@H]2[C@H](Cl)[C@H]1C[C@H]2Cl. The van der Waals surface area contributed by atoms with E-state index in [0.717, 1.165) is 0 Å². The maximum absolute atomic E-state index is 12.8. The van der Waals surface area contributed by atoms with E-state index in [1.807, 2.05) is 0 Å². The summed E-state index contributed by atoms with van der Waals surface area (Å²) in [5, 5.41) is -0.499. The molecule has 0 aromatic carbocycles. The maximum atomic E-state index is 12.8. The van der Waals surface area contributed by atoms with Gasteiger partial charge in [0.1, 0.15) is 0 Å². The minimum Gasteiger partial charge on any atom is -0.290 e. The minimum atomic E-state index is -5.45. The summed E-state index contributed by atoms with van der Waals surface area (Å²) in [5.41, 5.74) is -3.93. The fourth-order valence-electron chi connectivity index (χ4n) is 2.67. The van der Waals surface area contributed by atoms with E-state index >= 15 is 0 Å². The van der Waals surface area contributed by atoms with Crippen LogP contribution in [0.4, 0.5) is 26.3 Å². The van der Waals surface area contributed by atoms with E-state index in [9.17, 15) is 26.3 Å². The fourth-order valence-corrected chi connectivity index (χ4v) is 3.69. The lowest BCUT2D eigenvalue weighted by molar-refractivity contribution is -0.318. The molecule has 0 radical (unpaired) electrons. The molecule has 0 aromatic rings. The molecule has 2 rings (SSSR count). The molecule has 4 atom stereocenters. The van der Waals surface area contributed by atoms with Crippen molar-refractivity contribution in [2.75, 3.05) is 0 Å². The first-order chi connectivity index (χ1) is 7.52. The Hall–Kier alpha value is 0.120. The van der Waals surface area contributed by atoms with E-state index in [-0.39, 0.29) is 0 Å². The second kappa shape index (κ2) is 3.57. The lowest BCUT2D eigenvalue weighted by Gasteiger charge is -2.41. The van der Waals surface area contributed by atoms with Gasteiger partial charge in [-0.2, -0.15) is 26.3 Å². The van der Waals surface area contributed by atoms with Gasteiger partial charge in [-0.05, 0) is 6.42 Å². The van der Waals surface area contributed by atoms with Gasteiger partial charge in [-0.1, -0.05) is 0 Å². The van der Waals surface area contributed by atoms with Crippen molar-refractivity contribution >= 4 is 23.2 Å². The van der Waals surface area contributed by atoms with Gasteiger partial charge < -0.3 is 0 Å². The van der Waals surface area contributed by atoms with Crippen LogP contribution in [0.1, 0.15) is 6.42 Å². The summed E-state index contributed by atoms with van der Waals surface area (Å²) in [6.45, 7) is 0. The Bertz CT molecular complexity index is 313. The van der Waals surface area contributed by atoms with Crippen molar-refractivity contribution < 1.29 is 26.3 Å². The molecule has 2 aliphatic rings. The van der Waals surface area contributed by atoms with Crippen LogP contribution in [-0.2, 0) is 0 Å². The number of nitrogens with one attached hydrogen (secondary N) is 1. The van der Waals surface area contributed by atoms with Crippen LogP contribution in [0, 0.1) is 5.92 Å². The van der Waals surface area contributed by atoms with E-state index in [2.05, 4.69) is 0 Å². The molecule has 1 saturated carbocycles. The van der Waals surface area contributed by atoms with Gasteiger partial charge in [-0.25, -0.2) is 0 Å². The van der Waals surface area contributed by atoms with E-state index in [4.69, 9.17) is 23.2 Å². The predicted octanol–water partition coefficient (Wildman–Crippen LogP) is 3.06. The standard InChI is InChI=1S/C8H7Cl2F6N/c9-3-1-2-4(10)5(3)17-6(2,7(11,12)13)8(14,15)16/h2-5,17H,1H2/t2-,3-,4-,5-/m1/s1. The van der Waals surface area contributed by atoms with Crippen LogP contribution in [0.5, 0.6) is 0 Å². The van der Waals surface area contributed by atoms with Gasteiger partial charge in [0.15, 0.2) is 0 Å². The molecule has 100 valence electrons. The maximum Gasteiger partial charge on any atom is 0.415 e. The molecule has 1 aliphatic heterocycles. The van der Waals surface area contributed by atoms with E-state index in [0.29, 0.717) is 0 Å². The largest absolute Gasteiger partial charge is 0.415 e. The highest BCUT2D eigenvalue weighted by Gasteiger charge is 2.81. The van der Waals surface area contributed by atoms with Crippen LogP contribution < -0.4 is 5.32 Å². The summed E-state index contributed by atoms with van der Waals surface area (Å²) in [5.74, 6) is -1.78. The van der Waals surface area contributed by atoms with E-state index < -0.39 is 47.0 Å². The molecule has 17 heavy (non-hydrogen) atoms. The van der Waals surface area contributed by atoms with Gasteiger partial charge in [0, 0.05) is 12.0 Å². The Labute approximate surface area is 102 Å². The van der Waals surface area contributed by atoms with Crippen molar-refractivity contribution in [3.63, 3.8) is 0 Å².